The average molecular weight is 1060 g/mol. The molecule has 6 fully saturated rings. The number of aromatic nitrogens is 6. The van der Waals surface area contributed by atoms with Gasteiger partial charge in [0.1, 0.15) is 25.3 Å². The fourth-order valence-corrected chi connectivity index (χ4v) is 14.3. The molecule has 4 saturated carbocycles. The lowest BCUT2D eigenvalue weighted by atomic mass is 9.63. The van der Waals surface area contributed by atoms with Crippen LogP contribution < -0.4 is 10.6 Å². The zero-order chi connectivity index (χ0) is 51.3. The molecule has 14 nitrogen and oxygen atoms in total. The Morgan fingerprint density at radius 3 is 1.20 bits per heavy atom. The third-order valence-corrected chi connectivity index (χ3v) is 19.0. The van der Waals surface area contributed by atoms with Crippen molar-refractivity contribution < 1.29 is 19.8 Å². The molecule has 404 valence electrons. The minimum absolute atomic E-state index is 0.184. The van der Waals surface area contributed by atoms with E-state index in [9.17, 15) is 19.8 Å². The Bertz CT molecular complexity index is 2110. The number of piperidine rings is 2. The average Bonchev–Trinajstić information content (AvgIpc) is 4.16. The molecule has 74 heavy (non-hydrogen) atoms. The number of carbonyl (C=O) groups excluding carboxylic acids is 2. The summed E-state index contributed by atoms with van der Waals surface area (Å²) in [5.41, 5.74) is 2.60. The van der Waals surface area contributed by atoms with Crippen LogP contribution in [0.25, 0.3) is 0 Å². The van der Waals surface area contributed by atoms with Crippen molar-refractivity contribution in [1.29, 1.82) is 0 Å². The van der Waals surface area contributed by atoms with E-state index in [1.54, 1.807) is 12.7 Å². The summed E-state index contributed by atoms with van der Waals surface area (Å²) in [6.07, 6.45) is 31.9. The molecule has 4 heterocycles. The van der Waals surface area contributed by atoms with E-state index in [1.165, 1.54) is 64.2 Å². The number of hydrogen-bond acceptors (Lipinski definition) is 10. The minimum atomic E-state index is -0.265. The number of rotatable bonds is 16. The molecule has 6 aliphatic rings. The second kappa shape index (κ2) is 26.4. The number of nitrogens with zero attached hydrogens (tertiary/aromatic N) is 8. The molecule has 0 spiro atoms. The molecule has 2 amide bonds. The molecule has 0 unspecified atom stereocenters. The molecule has 16 heteroatoms. The normalized spacial score (nSPS) is 25.6. The molecule has 2 aromatic heterocycles. The second-order valence-electron chi connectivity index (χ2n) is 23.3. The standard InChI is InChI=1S/2C29H42ClN5O2/c2*30-24-8-6-22(7-9-24)18-27(33-25-10-12-26(36)13-11-25)28(37)34-16-14-29(15-17-34,19-35-21-31-20-32-35)23-4-2-1-3-5-23/h2*6-9,20-21,23,25-27,33,36H,1-5,10-19H2/t2*25?,26?,27-/m11/s1. The summed E-state index contributed by atoms with van der Waals surface area (Å²) in [6, 6.07) is 15.7. The molecule has 2 aromatic carbocycles. The van der Waals surface area contributed by atoms with Crippen molar-refractivity contribution in [3.63, 3.8) is 0 Å². The van der Waals surface area contributed by atoms with Gasteiger partial charge in [-0.2, -0.15) is 10.2 Å². The molecule has 4 N–H and O–H groups in total. The summed E-state index contributed by atoms with van der Waals surface area (Å²) < 4.78 is 4.02. The lowest BCUT2D eigenvalue weighted by Crippen LogP contribution is -2.55. The van der Waals surface area contributed by atoms with Crippen LogP contribution in [0.5, 0.6) is 0 Å². The zero-order valence-electron chi connectivity index (χ0n) is 43.8. The monoisotopic (exact) mass is 1050 g/mol. The second-order valence-corrected chi connectivity index (χ2v) is 24.2. The summed E-state index contributed by atoms with van der Waals surface area (Å²) in [6.45, 7) is 4.99. The molecule has 4 aromatic rings. The Morgan fingerprint density at radius 1 is 0.527 bits per heavy atom. The maximum atomic E-state index is 14.0. The molecular formula is C58H84Cl2N10O4. The smallest absolute Gasteiger partial charge is 0.240 e. The van der Waals surface area contributed by atoms with Crippen LogP contribution in [0.2, 0.25) is 10.0 Å². The van der Waals surface area contributed by atoms with E-state index in [4.69, 9.17) is 23.2 Å². The van der Waals surface area contributed by atoms with Crippen molar-refractivity contribution in [2.24, 2.45) is 22.7 Å². The van der Waals surface area contributed by atoms with E-state index < -0.39 is 0 Å². The van der Waals surface area contributed by atoms with Gasteiger partial charge in [-0.25, -0.2) is 9.97 Å². The highest BCUT2D eigenvalue weighted by Crippen LogP contribution is 2.48. The maximum absolute atomic E-state index is 14.0. The third-order valence-electron chi connectivity index (χ3n) is 18.5. The Labute approximate surface area is 450 Å². The number of carbonyl (C=O) groups is 2. The number of hydrogen-bond donors (Lipinski definition) is 4. The SMILES string of the molecule is O=C([C@@H](Cc1ccc(Cl)cc1)NC1CCC(O)CC1)N1CCC(Cn2cncn2)(C2CCCCC2)CC1.O=C([C@@H](Cc1ccc(Cl)cc1)NC1CCC(O)CC1)N1CCC(Cn2cncn2)(C2CCCCC2)CC1. The number of amides is 2. The van der Waals surface area contributed by atoms with Gasteiger partial charge in [-0.15, -0.1) is 0 Å². The Balaban J connectivity index is 0.000000182. The van der Waals surface area contributed by atoms with Gasteiger partial charge in [0, 0.05) is 61.4 Å². The number of aliphatic hydroxyl groups excluding tert-OH is 2. The van der Waals surface area contributed by atoms with Gasteiger partial charge >= 0.3 is 0 Å². The van der Waals surface area contributed by atoms with E-state index in [1.807, 2.05) is 70.5 Å². The van der Waals surface area contributed by atoms with Gasteiger partial charge in [0.15, 0.2) is 0 Å². The first kappa shape index (κ1) is 54.9. The van der Waals surface area contributed by atoms with Crippen molar-refractivity contribution in [1.82, 2.24) is 50.0 Å². The maximum Gasteiger partial charge on any atom is 0.240 e. The van der Waals surface area contributed by atoms with Crippen molar-refractivity contribution in [2.45, 2.75) is 204 Å². The van der Waals surface area contributed by atoms with E-state index in [2.05, 4.69) is 40.6 Å². The topological polar surface area (TPSA) is 167 Å². The Hall–Kier alpha value is -3.92. The Kier molecular flexibility index (Phi) is 19.6. The van der Waals surface area contributed by atoms with Gasteiger partial charge in [-0.1, -0.05) is 86.0 Å². The summed E-state index contributed by atoms with van der Waals surface area (Å²) in [5.74, 6) is 1.80. The van der Waals surface area contributed by atoms with Crippen molar-refractivity contribution in [2.75, 3.05) is 26.2 Å². The van der Waals surface area contributed by atoms with E-state index in [0.29, 0.717) is 34.7 Å². The van der Waals surface area contributed by atoms with Gasteiger partial charge in [-0.05, 0) is 174 Å². The lowest BCUT2D eigenvalue weighted by molar-refractivity contribution is -0.138. The van der Waals surface area contributed by atoms with Crippen LogP contribution in [0, 0.1) is 22.7 Å². The molecular weight excluding hydrogens is 972 g/mol. The zero-order valence-corrected chi connectivity index (χ0v) is 45.3. The molecule has 10 rings (SSSR count). The summed E-state index contributed by atoms with van der Waals surface area (Å²) in [4.78, 5) is 40.5. The van der Waals surface area contributed by atoms with Crippen LogP contribution in [-0.4, -0.2) is 124 Å². The number of nitrogens with one attached hydrogen (secondary N) is 2. The van der Waals surface area contributed by atoms with Gasteiger partial charge < -0.3 is 30.6 Å². The van der Waals surface area contributed by atoms with Gasteiger partial charge in [0.05, 0.1) is 24.3 Å². The van der Waals surface area contributed by atoms with E-state index in [-0.39, 0.29) is 59.0 Å². The van der Waals surface area contributed by atoms with E-state index >= 15 is 0 Å². The summed E-state index contributed by atoms with van der Waals surface area (Å²) >= 11 is 12.2. The van der Waals surface area contributed by atoms with Gasteiger partial charge in [0.2, 0.25) is 11.8 Å². The number of likely N-dealkylation sites (tertiary alicyclic amines) is 2. The third kappa shape index (κ3) is 14.8. The number of aliphatic hydroxyl groups is 2. The molecule has 4 aliphatic carbocycles. The highest BCUT2D eigenvalue weighted by Gasteiger charge is 2.46. The van der Waals surface area contributed by atoms with Crippen LogP contribution >= 0.6 is 23.2 Å². The van der Waals surface area contributed by atoms with Gasteiger partial charge in [-0.3, -0.25) is 19.0 Å². The first-order chi connectivity index (χ1) is 36.0. The summed E-state index contributed by atoms with van der Waals surface area (Å²) in [5, 5.41) is 37.6. The predicted octanol–water partition coefficient (Wildman–Crippen LogP) is 9.25. The molecule has 0 bridgehead atoms. The highest BCUT2D eigenvalue weighted by molar-refractivity contribution is 6.30. The molecule has 2 aliphatic heterocycles. The minimum Gasteiger partial charge on any atom is -0.393 e. The van der Waals surface area contributed by atoms with Crippen LogP contribution in [0.15, 0.2) is 73.8 Å². The first-order valence-corrected chi connectivity index (χ1v) is 29.4. The largest absolute Gasteiger partial charge is 0.393 e. The summed E-state index contributed by atoms with van der Waals surface area (Å²) in [7, 11) is 0. The quantitative estimate of drug-likeness (QED) is 0.0850. The predicted molar refractivity (Wildman–Crippen MR) is 290 cm³/mol. The van der Waals surface area contributed by atoms with Crippen LogP contribution in [0.4, 0.5) is 0 Å². The number of halogens is 2. The van der Waals surface area contributed by atoms with Crippen molar-refractivity contribution >= 4 is 35.0 Å². The fraction of sp³-hybridized carbons (Fsp3) is 0.690. The molecule has 0 radical (unpaired) electrons. The first-order valence-electron chi connectivity index (χ1n) is 28.6. The molecule has 2 saturated heterocycles. The van der Waals surface area contributed by atoms with Crippen LogP contribution in [-0.2, 0) is 35.5 Å². The lowest BCUT2D eigenvalue weighted by Gasteiger charge is -2.48. The fourth-order valence-electron chi connectivity index (χ4n) is 14.1. The van der Waals surface area contributed by atoms with E-state index in [0.717, 1.165) is 127 Å². The van der Waals surface area contributed by atoms with Crippen molar-refractivity contribution in [3.05, 3.63) is 95.0 Å². The van der Waals surface area contributed by atoms with Crippen LogP contribution in [0.1, 0.15) is 152 Å². The van der Waals surface area contributed by atoms with Crippen molar-refractivity contribution in [3.8, 4) is 0 Å². The Morgan fingerprint density at radius 2 is 0.878 bits per heavy atom. The molecule has 2 atom stereocenters. The van der Waals surface area contributed by atoms with Crippen LogP contribution in [0.3, 0.4) is 0 Å². The van der Waals surface area contributed by atoms with Gasteiger partial charge in [0.25, 0.3) is 0 Å². The highest BCUT2D eigenvalue weighted by atomic mass is 35.5. The number of benzene rings is 2.